The fraction of sp³-hybridized carbons (Fsp3) is 0.333. The number of H-pyrrole nitrogens is 1. The molecule has 27 heavy (non-hydrogen) atoms. The lowest BCUT2D eigenvalue weighted by molar-refractivity contribution is -0.132. The minimum Gasteiger partial charge on any atom is -0.367 e. The molecule has 3 heterocycles. The molecule has 138 valence electrons. The average Bonchev–Trinajstić information content (AvgIpc) is 3.46. The maximum Gasteiger partial charge on any atom is 0.225 e. The van der Waals surface area contributed by atoms with Gasteiger partial charge in [-0.3, -0.25) is 4.79 Å². The zero-order chi connectivity index (χ0) is 18.4. The zero-order valence-corrected chi connectivity index (χ0v) is 15.0. The lowest BCUT2D eigenvalue weighted by Gasteiger charge is -2.36. The van der Waals surface area contributed by atoms with Crippen molar-refractivity contribution in [3.05, 3.63) is 48.4 Å². The Morgan fingerprint density at radius 3 is 2.52 bits per heavy atom. The Hall–Kier alpha value is -2.89. The third-order valence-corrected chi connectivity index (χ3v) is 5.52. The Balaban J connectivity index is 1.40. The fourth-order valence-electron chi connectivity index (χ4n) is 3.83. The molecule has 1 saturated heterocycles. The fourth-order valence-corrected chi connectivity index (χ4v) is 3.83. The molecule has 0 atom stereocenters. The second-order valence-electron chi connectivity index (χ2n) is 7.37. The molecule has 5 rings (SSSR count). The molecule has 6 heteroatoms. The molecule has 1 N–H and O–H groups in total. The highest BCUT2D eigenvalue weighted by Gasteiger charge is 2.34. The van der Waals surface area contributed by atoms with Gasteiger partial charge >= 0.3 is 0 Å². The number of aromatic nitrogens is 2. The molecular formula is C21H21FN4O. The molecule has 2 aliphatic rings. The summed E-state index contributed by atoms with van der Waals surface area (Å²) in [6.45, 7) is 3.20. The number of halogens is 1. The van der Waals surface area contributed by atoms with Gasteiger partial charge in [-0.1, -0.05) is 0 Å². The highest BCUT2D eigenvalue weighted by atomic mass is 19.1. The van der Waals surface area contributed by atoms with Crippen LogP contribution in [0.4, 0.5) is 10.1 Å². The molecule has 1 saturated carbocycles. The first kappa shape index (κ1) is 16.3. The predicted octanol–water partition coefficient (Wildman–Crippen LogP) is 3.43. The molecule has 2 fully saturated rings. The van der Waals surface area contributed by atoms with E-state index in [1.165, 1.54) is 12.1 Å². The maximum atomic E-state index is 13.2. The summed E-state index contributed by atoms with van der Waals surface area (Å²) in [5.74, 6) is 0.370. The van der Waals surface area contributed by atoms with Gasteiger partial charge in [0.25, 0.3) is 0 Å². The number of carbonyl (C=O) groups is 1. The molecule has 0 spiro atoms. The van der Waals surface area contributed by atoms with E-state index in [2.05, 4.69) is 20.9 Å². The largest absolute Gasteiger partial charge is 0.367 e. The van der Waals surface area contributed by atoms with E-state index < -0.39 is 0 Å². The van der Waals surface area contributed by atoms with E-state index in [-0.39, 0.29) is 11.7 Å². The number of pyridine rings is 1. The predicted molar refractivity (Wildman–Crippen MR) is 103 cm³/mol. The Kier molecular flexibility index (Phi) is 3.85. The first-order valence-corrected chi connectivity index (χ1v) is 9.46. The van der Waals surface area contributed by atoms with Gasteiger partial charge in [-0.05, 0) is 54.8 Å². The van der Waals surface area contributed by atoms with Crippen molar-refractivity contribution in [2.45, 2.75) is 12.8 Å². The first-order valence-electron chi connectivity index (χ1n) is 9.46. The van der Waals surface area contributed by atoms with Crippen LogP contribution in [0, 0.1) is 11.7 Å². The number of benzene rings is 1. The van der Waals surface area contributed by atoms with E-state index in [4.69, 9.17) is 0 Å². The number of piperazine rings is 1. The smallest absolute Gasteiger partial charge is 0.225 e. The number of rotatable bonds is 3. The van der Waals surface area contributed by atoms with E-state index in [1.54, 1.807) is 12.1 Å². The van der Waals surface area contributed by atoms with Crippen LogP contribution in [-0.2, 0) is 4.79 Å². The van der Waals surface area contributed by atoms with E-state index in [0.29, 0.717) is 5.91 Å². The monoisotopic (exact) mass is 364 g/mol. The number of carbonyl (C=O) groups excluding carboxylic acids is 1. The molecule has 1 aliphatic heterocycles. The Labute approximate surface area is 156 Å². The molecule has 3 aromatic rings. The Morgan fingerprint density at radius 1 is 1.07 bits per heavy atom. The molecule has 0 bridgehead atoms. The summed E-state index contributed by atoms with van der Waals surface area (Å²) in [5, 5.41) is 1.05. The number of nitrogens with zero attached hydrogens (tertiary/aromatic N) is 3. The van der Waals surface area contributed by atoms with Gasteiger partial charge in [0.05, 0.1) is 0 Å². The molecule has 0 radical (unpaired) electrons. The maximum absolute atomic E-state index is 13.2. The van der Waals surface area contributed by atoms with E-state index in [1.807, 2.05) is 17.2 Å². The minimum atomic E-state index is -0.243. The molecule has 1 aromatic carbocycles. The molecule has 1 aliphatic carbocycles. The number of hydrogen-bond acceptors (Lipinski definition) is 3. The second kappa shape index (κ2) is 6.37. The lowest BCUT2D eigenvalue weighted by Crippen LogP contribution is -2.49. The van der Waals surface area contributed by atoms with Crippen LogP contribution in [-0.4, -0.2) is 47.0 Å². The Morgan fingerprint density at radius 2 is 1.81 bits per heavy atom. The van der Waals surface area contributed by atoms with Crippen molar-refractivity contribution in [2.75, 3.05) is 31.1 Å². The normalized spacial score (nSPS) is 17.5. The number of fused-ring (bicyclic) bond motifs is 1. The summed E-state index contributed by atoms with van der Waals surface area (Å²) in [6.07, 6.45) is 3.92. The van der Waals surface area contributed by atoms with Crippen LogP contribution >= 0.6 is 0 Å². The number of amides is 1. The van der Waals surface area contributed by atoms with Crippen molar-refractivity contribution >= 4 is 22.6 Å². The van der Waals surface area contributed by atoms with E-state index >= 15 is 0 Å². The topological polar surface area (TPSA) is 52.2 Å². The second-order valence-corrected chi connectivity index (χ2v) is 7.37. The summed E-state index contributed by atoms with van der Waals surface area (Å²) in [6, 6.07) is 10.6. The van der Waals surface area contributed by atoms with Gasteiger partial charge in [0.1, 0.15) is 11.5 Å². The van der Waals surface area contributed by atoms with Gasteiger partial charge in [0, 0.05) is 55.1 Å². The summed E-state index contributed by atoms with van der Waals surface area (Å²) in [4.78, 5) is 24.4. The summed E-state index contributed by atoms with van der Waals surface area (Å²) in [5.41, 5.74) is 3.80. The van der Waals surface area contributed by atoms with Gasteiger partial charge in [-0.2, -0.15) is 0 Å². The van der Waals surface area contributed by atoms with Crippen molar-refractivity contribution < 1.29 is 9.18 Å². The van der Waals surface area contributed by atoms with Crippen molar-refractivity contribution in [2.24, 2.45) is 5.92 Å². The lowest BCUT2D eigenvalue weighted by atomic mass is 10.1. The highest BCUT2D eigenvalue weighted by Crippen LogP contribution is 2.33. The number of hydrogen-bond donors (Lipinski definition) is 1. The van der Waals surface area contributed by atoms with Crippen molar-refractivity contribution in [1.82, 2.24) is 14.9 Å². The van der Waals surface area contributed by atoms with E-state index in [9.17, 15) is 9.18 Å². The van der Waals surface area contributed by atoms with Crippen LogP contribution in [0.3, 0.4) is 0 Å². The Bertz CT molecular complexity index is 985. The third-order valence-electron chi connectivity index (χ3n) is 5.52. The van der Waals surface area contributed by atoms with Crippen molar-refractivity contribution in [3.63, 3.8) is 0 Å². The van der Waals surface area contributed by atoms with Crippen LogP contribution < -0.4 is 4.90 Å². The van der Waals surface area contributed by atoms with Gasteiger partial charge in [0.2, 0.25) is 5.91 Å². The van der Waals surface area contributed by atoms with Crippen LogP contribution in [0.25, 0.3) is 22.3 Å². The molecule has 0 unspecified atom stereocenters. The van der Waals surface area contributed by atoms with Crippen LogP contribution in [0.15, 0.2) is 42.6 Å². The summed E-state index contributed by atoms with van der Waals surface area (Å²) < 4.78 is 13.2. The first-order chi connectivity index (χ1) is 13.2. The zero-order valence-electron chi connectivity index (χ0n) is 15.0. The summed E-state index contributed by atoms with van der Waals surface area (Å²) in [7, 11) is 0. The van der Waals surface area contributed by atoms with Gasteiger partial charge in [-0.15, -0.1) is 0 Å². The third kappa shape index (κ3) is 3.05. The van der Waals surface area contributed by atoms with Gasteiger partial charge in [-0.25, -0.2) is 9.37 Å². The molecule has 1 amide bonds. The van der Waals surface area contributed by atoms with Crippen LogP contribution in [0.2, 0.25) is 0 Å². The molecular weight excluding hydrogens is 343 g/mol. The number of anilines is 1. The molecule has 2 aromatic heterocycles. The van der Waals surface area contributed by atoms with Crippen molar-refractivity contribution in [1.29, 1.82) is 0 Å². The average molecular weight is 364 g/mol. The number of nitrogens with one attached hydrogen (secondary N) is 1. The standard InChI is InChI=1S/C21H21FN4O/c22-16-5-3-14(4-6-16)18-13-17-19(7-8-23-20(17)24-18)25-9-11-26(12-10-25)21(27)15-1-2-15/h3-8,13,15H,1-2,9-12H2,(H,23,24). The molecule has 5 nitrogen and oxygen atoms in total. The quantitative estimate of drug-likeness (QED) is 0.775. The summed E-state index contributed by atoms with van der Waals surface area (Å²) >= 11 is 0. The van der Waals surface area contributed by atoms with Gasteiger partial charge in [0.15, 0.2) is 0 Å². The van der Waals surface area contributed by atoms with Gasteiger partial charge < -0.3 is 14.8 Å². The van der Waals surface area contributed by atoms with Crippen LogP contribution in [0.5, 0.6) is 0 Å². The highest BCUT2D eigenvalue weighted by molar-refractivity contribution is 5.94. The number of aromatic amines is 1. The van der Waals surface area contributed by atoms with E-state index in [0.717, 1.165) is 67.0 Å². The minimum absolute atomic E-state index is 0.243. The van der Waals surface area contributed by atoms with Crippen molar-refractivity contribution in [3.8, 4) is 11.3 Å². The van der Waals surface area contributed by atoms with Crippen LogP contribution in [0.1, 0.15) is 12.8 Å². The SMILES string of the molecule is O=C(C1CC1)N1CCN(c2ccnc3[nH]c(-c4ccc(F)cc4)cc23)CC1.